The molecular weight excluding hydrogens is 429 g/mol. The Bertz CT molecular complexity index is 965. The largest absolute Gasteiger partial charge is 0.325 e. The lowest BCUT2D eigenvalue weighted by atomic mass is 10.1. The second-order valence-electron chi connectivity index (χ2n) is 6.42. The number of hydrogen-bond donors (Lipinski definition) is 1. The predicted molar refractivity (Wildman–Crippen MR) is 121 cm³/mol. The quantitative estimate of drug-likeness (QED) is 0.629. The van der Waals surface area contributed by atoms with Gasteiger partial charge in [-0.2, -0.15) is 0 Å². The summed E-state index contributed by atoms with van der Waals surface area (Å²) >= 11 is 13.4. The molecule has 3 rings (SSSR count). The Balaban J connectivity index is 1.75. The van der Waals surface area contributed by atoms with Crippen molar-refractivity contribution in [3.05, 3.63) is 58.1 Å². The van der Waals surface area contributed by atoms with E-state index in [1.165, 1.54) is 11.8 Å². The second-order valence-corrected chi connectivity index (χ2v) is 8.37. The van der Waals surface area contributed by atoms with Gasteiger partial charge in [-0.3, -0.25) is 14.5 Å². The van der Waals surface area contributed by atoms with Crippen LogP contribution in [0.2, 0.25) is 10.0 Å². The van der Waals surface area contributed by atoms with Gasteiger partial charge >= 0.3 is 0 Å². The van der Waals surface area contributed by atoms with Crippen LogP contribution in [0.4, 0.5) is 11.4 Å². The van der Waals surface area contributed by atoms with Gasteiger partial charge in [0, 0.05) is 13.0 Å². The summed E-state index contributed by atoms with van der Waals surface area (Å²) < 4.78 is 0. The van der Waals surface area contributed by atoms with Crippen LogP contribution in [0.25, 0.3) is 0 Å². The highest BCUT2D eigenvalue weighted by Crippen LogP contribution is 2.34. The summed E-state index contributed by atoms with van der Waals surface area (Å²) in [6.45, 7) is 4.46. The van der Waals surface area contributed by atoms with Gasteiger partial charge in [-0.25, -0.2) is 4.99 Å². The van der Waals surface area contributed by atoms with Gasteiger partial charge in [0.25, 0.3) is 0 Å². The molecule has 0 radical (unpaired) electrons. The smallest absolute Gasteiger partial charge is 0.242 e. The fourth-order valence-corrected chi connectivity index (χ4v) is 4.57. The summed E-state index contributed by atoms with van der Waals surface area (Å²) in [4.78, 5) is 31.6. The molecule has 0 saturated carbocycles. The van der Waals surface area contributed by atoms with E-state index in [-0.39, 0.29) is 23.3 Å². The molecule has 0 bridgehead atoms. The molecule has 5 nitrogen and oxygen atoms in total. The second kappa shape index (κ2) is 9.65. The van der Waals surface area contributed by atoms with E-state index in [9.17, 15) is 9.59 Å². The maximum Gasteiger partial charge on any atom is 0.242 e. The summed E-state index contributed by atoms with van der Waals surface area (Å²) in [5.74, 6) is -0.413. The number of carbonyl (C=O) groups excluding carboxylic acids is 2. The van der Waals surface area contributed by atoms with E-state index in [1.54, 1.807) is 23.1 Å². The molecule has 1 saturated heterocycles. The summed E-state index contributed by atoms with van der Waals surface area (Å²) in [6.07, 6.45) is 0.876. The van der Waals surface area contributed by atoms with Crippen LogP contribution in [0.3, 0.4) is 0 Å². The van der Waals surface area contributed by atoms with Crippen molar-refractivity contribution in [3.63, 3.8) is 0 Å². The fourth-order valence-electron chi connectivity index (χ4n) is 3.01. The molecule has 1 aliphatic rings. The highest BCUT2D eigenvalue weighted by molar-refractivity contribution is 8.15. The van der Waals surface area contributed by atoms with Crippen molar-refractivity contribution < 1.29 is 9.59 Å². The number of aryl methyl sites for hydroxylation is 1. The number of nitrogens with zero attached hydrogens (tertiary/aromatic N) is 2. The molecule has 2 aromatic rings. The van der Waals surface area contributed by atoms with E-state index in [1.807, 2.05) is 31.2 Å². The van der Waals surface area contributed by atoms with Gasteiger partial charge < -0.3 is 5.32 Å². The predicted octanol–water partition coefficient (Wildman–Crippen LogP) is 5.54. The zero-order valence-electron chi connectivity index (χ0n) is 16.1. The Morgan fingerprint density at radius 2 is 1.93 bits per heavy atom. The lowest BCUT2D eigenvalue weighted by Gasteiger charge is -2.14. The zero-order chi connectivity index (χ0) is 21.0. The molecule has 2 amide bonds. The third-order valence-corrected chi connectivity index (χ3v) is 6.52. The zero-order valence-corrected chi connectivity index (χ0v) is 18.4. The number of halogens is 2. The van der Waals surface area contributed by atoms with Crippen molar-refractivity contribution >= 4 is 63.3 Å². The van der Waals surface area contributed by atoms with Crippen molar-refractivity contribution in [1.82, 2.24) is 4.90 Å². The Labute approximate surface area is 184 Å². The molecule has 1 aliphatic heterocycles. The third kappa shape index (κ3) is 4.94. The molecule has 1 N–H and O–H groups in total. The number of para-hydroxylation sites is 1. The van der Waals surface area contributed by atoms with Crippen molar-refractivity contribution in [2.24, 2.45) is 4.99 Å². The van der Waals surface area contributed by atoms with Crippen LogP contribution >= 0.6 is 35.0 Å². The van der Waals surface area contributed by atoms with Crippen LogP contribution in [0.15, 0.2) is 47.5 Å². The lowest BCUT2D eigenvalue weighted by Crippen LogP contribution is -2.33. The van der Waals surface area contributed by atoms with E-state index in [0.29, 0.717) is 22.4 Å². The number of hydrogen-bond acceptors (Lipinski definition) is 4. The molecule has 152 valence electrons. The highest BCUT2D eigenvalue weighted by atomic mass is 35.5. The first kappa shape index (κ1) is 21.7. The Morgan fingerprint density at radius 1 is 1.17 bits per heavy atom. The van der Waals surface area contributed by atoms with Crippen LogP contribution in [0.1, 0.15) is 25.8 Å². The van der Waals surface area contributed by atoms with E-state index < -0.39 is 5.25 Å². The number of rotatable bonds is 6. The van der Waals surface area contributed by atoms with Gasteiger partial charge in [0.2, 0.25) is 11.8 Å². The summed E-state index contributed by atoms with van der Waals surface area (Å²) in [7, 11) is 0. The van der Waals surface area contributed by atoms with Crippen molar-refractivity contribution in [3.8, 4) is 0 Å². The molecular formula is C21H21Cl2N3O2S. The number of anilines is 1. The molecule has 0 aliphatic carbocycles. The van der Waals surface area contributed by atoms with Crippen LogP contribution in [0, 0.1) is 0 Å². The number of carbonyl (C=O) groups is 2. The molecule has 29 heavy (non-hydrogen) atoms. The van der Waals surface area contributed by atoms with Crippen LogP contribution < -0.4 is 5.32 Å². The topological polar surface area (TPSA) is 61.8 Å². The molecule has 1 heterocycles. The maximum absolute atomic E-state index is 12.8. The Morgan fingerprint density at radius 3 is 2.66 bits per heavy atom. The fraction of sp³-hybridized carbons (Fsp3) is 0.286. The third-order valence-electron chi connectivity index (χ3n) is 4.52. The molecule has 1 fully saturated rings. The number of thioether (sulfide) groups is 1. The van der Waals surface area contributed by atoms with E-state index in [0.717, 1.165) is 17.7 Å². The minimum atomic E-state index is -0.527. The average molecular weight is 450 g/mol. The van der Waals surface area contributed by atoms with Gasteiger partial charge in [0.05, 0.1) is 21.4 Å². The van der Waals surface area contributed by atoms with Gasteiger partial charge in [0.1, 0.15) is 5.25 Å². The molecule has 0 aromatic heterocycles. The minimum absolute atomic E-state index is 0.0251. The van der Waals surface area contributed by atoms with Crippen LogP contribution in [-0.2, 0) is 16.0 Å². The average Bonchev–Trinajstić information content (AvgIpc) is 3.00. The van der Waals surface area contributed by atoms with E-state index >= 15 is 0 Å². The molecule has 2 aromatic carbocycles. The first-order chi connectivity index (χ1) is 13.9. The monoisotopic (exact) mass is 449 g/mol. The van der Waals surface area contributed by atoms with Crippen molar-refractivity contribution in [2.75, 3.05) is 11.9 Å². The molecule has 1 atom stereocenters. The SMILES string of the molecule is CCc1ccccc1N=C1SC(CC(=O)Nc2cccc(Cl)c2Cl)C(=O)N1CC. The number of amidine groups is 1. The minimum Gasteiger partial charge on any atom is -0.325 e. The highest BCUT2D eigenvalue weighted by Gasteiger charge is 2.38. The standard InChI is InChI=1S/C21H21Cl2N3O2S/c1-3-13-8-5-6-10-15(13)25-21-26(4-2)20(28)17(29-21)12-18(27)24-16-11-7-9-14(22)19(16)23/h5-11,17H,3-4,12H2,1-2H3,(H,24,27). The van der Waals surface area contributed by atoms with Gasteiger partial charge in [-0.05, 0) is 37.1 Å². The first-order valence-electron chi connectivity index (χ1n) is 9.33. The van der Waals surface area contributed by atoms with Crippen molar-refractivity contribution in [1.29, 1.82) is 0 Å². The lowest BCUT2D eigenvalue weighted by molar-refractivity contribution is -0.128. The summed E-state index contributed by atoms with van der Waals surface area (Å²) in [5.41, 5.74) is 2.39. The van der Waals surface area contributed by atoms with Crippen LogP contribution in [0.5, 0.6) is 0 Å². The first-order valence-corrected chi connectivity index (χ1v) is 11.0. The Kier molecular flexibility index (Phi) is 7.22. The molecule has 8 heteroatoms. The summed E-state index contributed by atoms with van der Waals surface area (Å²) in [6, 6.07) is 12.9. The number of aliphatic imine (C=N–C) groups is 1. The molecule has 0 spiro atoms. The van der Waals surface area contributed by atoms with E-state index in [4.69, 9.17) is 28.2 Å². The van der Waals surface area contributed by atoms with Crippen LogP contribution in [-0.4, -0.2) is 33.7 Å². The summed E-state index contributed by atoms with van der Waals surface area (Å²) in [5, 5.41) is 3.47. The van der Waals surface area contributed by atoms with Gasteiger partial charge in [-0.15, -0.1) is 0 Å². The number of benzene rings is 2. The maximum atomic E-state index is 12.8. The van der Waals surface area contributed by atoms with Gasteiger partial charge in [-0.1, -0.05) is 66.2 Å². The normalized spacial score (nSPS) is 17.8. The number of amides is 2. The molecule has 1 unspecified atom stereocenters. The van der Waals surface area contributed by atoms with E-state index in [2.05, 4.69) is 12.2 Å². The van der Waals surface area contributed by atoms with Crippen molar-refractivity contribution in [2.45, 2.75) is 31.9 Å². The Hall–Kier alpha value is -2.02. The number of nitrogens with one attached hydrogen (secondary N) is 1. The van der Waals surface area contributed by atoms with Gasteiger partial charge in [0.15, 0.2) is 5.17 Å².